The Kier molecular flexibility index (Phi) is 4.03. The second-order valence-electron chi connectivity index (χ2n) is 5.60. The standard InChI is InChI=1S/C15H21BrN/c1-15(2)10-14(11-16)17(12-15)9-8-13-6-4-3-5-7-13/h3-7,12,14H,8-11H2,1-2H3/q+1. The number of hydrogen-bond donors (Lipinski definition) is 0. The van der Waals surface area contributed by atoms with Crippen LogP contribution in [0, 0.1) is 5.41 Å². The van der Waals surface area contributed by atoms with Crippen molar-refractivity contribution in [1.82, 2.24) is 0 Å². The maximum Gasteiger partial charge on any atom is 0.163 e. The van der Waals surface area contributed by atoms with Crippen LogP contribution in [-0.4, -0.2) is 28.7 Å². The Morgan fingerprint density at radius 2 is 2.00 bits per heavy atom. The minimum Gasteiger partial charge on any atom is -0.235 e. The summed E-state index contributed by atoms with van der Waals surface area (Å²) in [5.74, 6) is 0. The van der Waals surface area contributed by atoms with Gasteiger partial charge in [-0.05, 0) is 5.56 Å². The molecule has 1 aromatic rings. The van der Waals surface area contributed by atoms with Crippen LogP contribution >= 0.6 is 15.9 Å². The van der Waals surface area contributed by atoms with E-state index in [1.165, 1.54) is 12.0 Å². The maximum atomic E-state index is 3.63. The average Bonchev–Trinajstić information content (AvgIpc) is 2.63. The number of alkyl halides is 1. The van der Waals surface area contributed by atoms with E-state index < -0.39 is 0 Å². The third-order valence-electron chi connectivity index (χ3n) is 3.43. The molecule has 0 amide bonds. The van der Waals surface area contributed by atoms with Crippen molar-refractivity contribution in [1.29, 1.82) is 0 Å². The van der Waals surface area contributed by atoms with Crippen molar-refractivity contribution in [2.75, 3.05) is 11.9 Å². The summed E-state index contributed by atoms with van der Waals surface area (Å²) in [5, 5.41) is 1.07. The molecule has 1 nitrogen and oxygen atoms in total. The molecule has 0 N–H and O–H groups in total. The molecule has 92 valence electrons. The number of halogens is 1. The smallest absolute Gasteiger partial charge is 0.163 e. The van der Waals surface area contributed by atoms with E-state index in [1.807, 2.05) is 0 Å². The summed E-state index contributed by atoms with van der Waals surface area (Å²) in [5.41, 5.74) is 1.79. The van der Waals surface area contributed by atoms with Crippen LogP contribution in [0.2, 0.25) is 0 Å². The van der Waals surface area contributed by atoms with E-state index in [2.05, 4.69) is 70.9 Å². The van der Waals surface area contributed by atoms with Crippen LogP contribution < -0.4 is 0 Å². The van der Waals surface area contributed by atoms with Crippen LogP contribution in [0.4, 0.5) is 0 Å². The fraction of sp³-hybridized carbons (Fsp3) is 0.533. The highest BCUT2D eigenvalue weighted by Gasteiger charge is 2.37. The molecular weight excluding hydrogens is 274 g/mol. The largest absolute Gasteiger partial charge is 0.235 e. The van der Waals surface area contributed by atoms with Crippen molar-refractivity contribution in [3.05, 3.63) is 35.9 Å². The molecule has 1 unspecified atom stereocenters. The van der Waals surface area contributed by atoms with Gasteiger partial charge in [0.25, 0.3) is 0 Å². The first kappa shape index (κ1) is 12.8. The first-order valence-corrected chi connectivity index (χ1v) is 7.44. The molecule has 0 aliphatic carbocycles. The first-order chi connectivity index (χ1) is 8.11. The number of benzene rings is 1. The summed E-state index contributed by atoms with van der Waals surface area (Å²) in [6.07, 6.45) is 4.81. The molecule has 0 aromatic heterocycles. The van der Waals surface area contributed by atoms with Crippen LogP contribution in [0.1, 0.15) is 25.8 Å². The fourth-order valence-electron chi connectivity index (χ4n) is 2.62. The van der Waals surface area contributed by atoms with Crippen molar-refractivity contribution in [2.24, 2.45) is 5.41 Å². The Labute approximate surface area is 113 Å². The van der Waals surface area contributed by atoms with E-state index in [4.69, 9.17) is 0 Å². The van der Waals surface area contributed by atoms with Crippen molar-refractivity contribution >= 4 is 22.1 Å². The molecule has 1 aliphatic rings. The van der Waals surface area contributed by atoms with Gasteiger partial charge in [0.15, 0.2) is 6.04 Å². The van der Waals surface area contributed by atoms with Gasteiger partial charge in [-0.25, -0.2) is 4.58 Å². The van der Waals surface area contributed by atoms with Crippen LogP contribution in [0.5, 0.6) is 0 Å². The molecule has 0 bridgehead atoms. The molecule has 2 heteroatoms. The summed E-state index contributed by atoms with van der Waals surface area (Å²) in [6, 6.07) is 11.4. The third kappa shape index (κ3) is 3.41. The summed E-state index contributed by atoms with van der Waals surface area (Å²) >= 11 is 3.63. The minimum atomic E-state index is 0.356. The number of hydrogen-bond acceptors (Lipinski definition) is 0. The molecule has 1 atom stereocenters. The zero-order chi connectivity index (χ0) is 12.3. The molecule has 0 fully saturated rings. The average molecular weight is 295 g/mol. The lowest BCUT2D eigenvalue weighted by atomic mass is 9.91. The van der Waals surface area contributed by atoms with Gasteiger partial charge in [0, 0.05) is 18.3 Å². The Morgan fingerprint density at radius 1 is 1.29 bits per heavy atom. The van der Waals surface area contributed by atoms with Crippen LogP contribution in [0.3, 0.4) is 0 Å². The number of rotatable bonds is 4. The van der Waals surface area contributed by atoms with Crippen molar-refractivity contribution < 1.29 is 4.58 Å². The van der Waals surface area contributed by atoms with E-state index in [9.17, 15) is 0 Å². The highest BCUT2D eigenvalue weighted by molar-refractivity contribution is 9.09. The van der Waals surface area contributed by atoms with E-state index >= 15 is 0 Å². The fourth-order valence-corrected chi connectivity index (χ4v) is 3.23. The third-order valence-corrected chi connectivity index (χ3v) is 4.17. The van der Waals surface area contributed by atoms with Gasteiger partial charge in [-0.3, -0.25) is 0 Å². The SMILES string of the molecule is CC1(C)C=[N+](CCc2ccccc2)C(CBr)C1. The Hall–Kier alpha value is -0.630. The molecule has 0 radical (unpaired) electrons. The molecule has 1 aliphatic heterocycles. The summed E-state index contributed by atoms with van der Waals surface area (Å²) in [6.45, 7) is 5.78. The van der Waals surface area contributed by atoms with Gasteiger partial charge in [0.05, 0.1) is 5.33 Å². The summed E-state index contributed by atoms with van der Waals surface area (Å²) in [7, 11) is 0. The Bertz CT molecular complexity index is 395. The zero-order valence-electron chi connectivity index (χ0n) is 10.7. The molecule has 1 aromatic carbocycles. The predicted molar refractivity (Wildman–Crippen MR) is 77.3 cm³/mol. The van der Waals surface area contributed by atoms with E-state index in [1.54, 1.807) is 0 Å². The Morgan fingerprint density at radius 3 is 2.65 bits per heavy atom. The topological polar surface area (TPSA) is 3.01 Å². The van der Waals surface area contributed by atoms with Crippen LogP contribution in [0.15, 0.2) is 30.3 Å². The Balaban J connectivity index is 1.99. The first-order valence-electron chi connectivity index (χ1n) is 6.32. The monoisotopic (exact) mass is 294 g/mol. The van der Waals surface area contributed by atoms with Gasteiger partial charge < -0.3 is 0 Å². The van der Waals surface area contributed by atoms with Crippen LogP contribution in [-0.2, 0) is 6.42 Å². The second-order valence-corrected chi connectivity index (χ2v) is 6.25. The maximum absolute atomic E-state index is 3.63. The molecule has 1 heterocycles. The molecule has 17 heavy (non-hydrogen) atoms. The van der Waals surface area contributed by atoms with E-state index in [-0.39, 0.29) is 0 Å². The van der Waals surface area contributed by atoms with Crippen molar-refractivity contribution in [2.45, 2.75) is 32.7 Å². The minimum absolute atomic E-state index is 0.356. The van der Waals surface area contributed by atoms with Crippen LogP contribution in [0.25, 0.3) is 0 Å². The predicted octanol–water partition coefficient (Wildman–Crippen LogP) is 3.51. The molecule has 0 spiro atoms. The number of nitrogens with zero attached hydrogens (tertiary/aromatic N) is 1. The second kappa shape index (κ2) is 5.34. The summed E-state index contributed by atoms with van der Waals surface area (Å²) in [4.78, 5) is 0. The van der Waals surface area contributed by atoms with Crippen molar-refractivity contribution in [3.63, 3.8) is 0 Å². The zero-order valence-corrected chi connectivity index (χ0v) is 12.3. The molecule has 0 saturated heterocycles. The summed E-state index contributed by atoms with van der Waals surface area (Å²) < 4.78 is 2.52. The lowest BCUT2D eigenvalue weighted by molar-refractivity contribution is -0.548. The van der Waals surface area contributed by atoms with Gasteiger partial charge in [-0.15, -0.1) is 0 Å². The molecule has 0 saturated carbocycles. The van der Waals surface area contributed by atoms with E-state index in [0.717, 1.165) is 18.3 Å². The van der Waals surface area contributed by atoms with Crippen molar-refractivity contribution in [3.8, 4) is 0 Å². The van der Waals surface area contributed by atoms with Gasteiger partial charge in [0.2, 0.25) is 0 Å². The van der Waals surface area contributed by atoms with E-state index in [0.29, 0.717) is 11.5 Å². The van der Waals surface area contributed by atoms with Gasteiger partial charge in [0.1, 0.15) is 12.8 Å². The highest BCUT2D eigenvalue weighted by Crippen LogP contribution is 2.28. The van der Waals surface area contributed by atoms with Gasteiger partial charge >= 0.3 is 0 Å². The molecule has 2 rings (SSSR count). The highest BCUT2D eigenvalue weighted by atomic mass is 79.9. The van der Waals surface area contributed by atoms with Gasteiger partial charge in [-0.2, -0.15) is 0 Å². The lowest BCUT2D eigenvalue weighted by Crippen LogP contribution is -2.25. The quantitative estimate of drug-likeness (QED) is 0.591. The lowest BCUT2D eigenvalue weighted by Gasteiger charge is -2.09. The van der Waals surface area contributed by atoms with Gasteiger partial charge in [-0.1, -0.05) is 60.1 Å². The molecular formula is C15H21BrN+. The normalized spacial score (nSPS) is 22.5.